The first kappa shape index (κ1) is 14.8. The maximum absolute atomic E-state index is 6.07. The minimum atomic E-state index is 0.155. The van der Waals surface area contributed by atoms with Gasteiger partial charge in [-0.15, -0.1) is 0 Å². The molecule has 1 aromatic carbocycles. The summed E-state index contributed by atoms with van der Waals surface area (Å²) in [4.78, 5) is 0. The number of halogens is 1. The minimum absolute atomic E-state index is 0.155. The monoisotopic (exact) mass is 283 g/mol. The van der Waals surface area contributed by atoms with Crippen molar-refractivity contribution in [2.24, 2.45) is 5.92 Å². The van der Waals surface area contributed by atoms with E-state index in [-0.39, 0.29) is 6.10 Å². The van der Waals surface area contributed by atoms with E-state index in [1.54, 1.807) is 7.11 Å². The third kappa shape index (κ3) is 4.46. The van der Waals surface area contributed by atoms with E-state index in [9.17, 15) is 0 Å². The molecule has 3 nitrogen and oxygen atoms in total. The average Bonchev–Trinajstić information content (AvgIpc) is 2.44. The highest BCUT2D eigenvalue weighted by Gasteiger charge is 2.27. The molecule has 1 aliphatic rings. The van der Waals surface area contributed by atoms with Crippen molar-refractivity contribution in [1.82, 2.24) is 5.32 Å². The summed E-state index contributed by atoms with van der Waals surface area (Å²) in [5, 5.41) is 4.21. The maximum Gasteiger partial charge on any atom is 0.0865 e. The first-order chi connectivity index (χ1) is 9.31. The number of hydrogen-bond acceptors (Lipinski definition) is 3. The Morgan fingerprint density at radius 3 is 3.16 bits per heavy atom. The van der Waals surface area contributed by atoms with Crippen LogP contribution in [0.25, 0.3) is 0 Å². The van der Waals surface area contributed by atoms with E-state index in [4.69, 9.17) is 21.1 Å². The van der Waals surface area contributed by atoms with Crippen LogP contribution in [-0.2, 0) is 9.47 Å². The molecule has 1 saturated heterocycles. The maximum atomic E-state index is 6.07. The van der Waals surface area contributed by atoms with E-state index in [0.717, 1.165) is 37.7 Å². The lowest BCUT2D eigenvalue weighted by molar-refractivity contribution is -0.0280. The minimum Gasteiger partial charge on any atom is -0.383 e. The number of rotatable bonds is 6. The Morgan fingerprint density at radius 1 is 1.47 bits per heavy atom. The van der Waals surface area contributed by atoms with Crippen LogP contribution in [0.2, 0.25) is 5.02 Å². The highest BCUT2D eigenvalue weighted by molar-refractivity contribution is 6.30. The van der Waals surface area contributed by atoms with Crippen LogP contribution in [0.5, 0.6) is 0 Å². The van der Waals surface area contributed by atoms with Crippen LogP contribution in [0, 0.1) is 5.92 Å². The Labute approximate surface area is 120 Å². The topological polar surface area (TPSA) is 30.5 Å². The van der Waals surface area contributed by atoms with Crippen LogP contribution >= 0.6 is 11.6 Å². The molecule has 1 aromatic rings. The number of methoxy groups -OCH3 is 1. The molecule has 2 atom stereocenters. The Bertz CT molecular complexity index is 386. The molecule has 106 valence electrons. The molecule has 0 amide bonds. The Balaban J connectivity index is 1.95. The van der Waals surface area contributed by atoms with Gasteiger partial charge in [0.25, 0.3) is 0 Å². The summed E-state index contributed by atoms with van der Waals surface area (Å²) < 4.78 is 11.0. The summed E-state index contributed by atoms with van der Waals surface area (Å²) in [5.41, 5.74) is 1.19. The smallest absolute Gasteiger partial charge is 0.0865 e. The molecule has 1 fully saturated rings. The summed E-state index contributed by atoms with van der Waals surface area (Å²) in [5.74, 6) is 0.504. The van der Waals surface area contributed by atoms with Gasteiger partial charge in [0.2, 0.25) is 0 Å². The Morgan fingerprint density at radius 2 is 2.37 bits per heavy atom. The van der Waals surface area contributed by atoms with E-state index < -0.39 is 0 Å². The predicted molar refractivity (Wildman–Crippen MR) is 77.6 cm³/mol. The molecular formula is C15H22ClNO2. The molecule has 2 unspecified atom stereocenters. The SMILES string of the molecule is COCCNCC1CCCOC1c1cccc(Cl)c1. The van der Waals surface area contributed by atoms with E-state index >= 15 is 0 Å². The highest BCUT2D eigenvalue weighted by Crippen LogP contribution is 2.34. The molecule has 2 rings (SSSR count). The second-order valence-electron chi connectivity index (χ2n) is 4.95. The zero-order chi connectivity index (χ0) is 13.5. The molecular weight excluding hydrogens is 262 g/mol. The van der Waals surface area contributed by atoms with Gasteiger partial charge in [0.05, 0.1) is 12.7 Å². The predicted octanol–water partition coefficient (Wildman–Crippen LogP) is 3.04. The third-order valence-electron chi connectivity index (χ3n) is 3.51. The zero-order valence-corrected chi connectivity index (χ0v) is 12.2. The van der Waals surface area contributed by atoms with Gasteiger partial charge in [-0.2, -0.15) is 0 Å². The molecule has 0 spiro atoms. The lowest BCUT2D eigenvalue weighted by atomic mass is 9.89. The van der Waals surface area contributed by atoms with Gasteiger partial charge >= 0.3 is 0 Å². The largest absolute Gasteiger partial charge is 0.383 e. The van der Waals surface area contributed by atoms with Crippen LogP contribution in [0.15, 0.2) is 24.3 Å². The lowest BCUT2D eigenvalue weighted by Crippen LogP contribution is -2.33. The van der Waals surface area contributed by atoms with Crippen molar-refractivity contribution in [3.05, 3.63) is 34.9 Å². The Hall–Kier alpha value is -0.610. The first-order valence-corrected chi connectivity index (χ1v) is 7.26. The Kier molecular flexibility index (Phi) is 6.11. The second-order valence-corrected chi connectivity index (χ2v) is 5.38. The number of ether oxygens (including phenoxy) is 2. The fourth-order valence-corrected chi connectivity index (χ4v) is 2.76. The van der Waals surface area contributed by atoms with E-state index in [0.29, 0.717) is 5.92 Å². The standard InChI is InChI=1S/C15H22ClNO2/c1-18-9-7-17-11-13-5-3-8-19-15(13)12-4-2-6-14(16)10-12/h2,4,6,10,13,15,17H,3,5,7-9,11H2,1H3. The van der Waals surface area contributed by atoms with E-state index in [1.807, 2.05) is 18.2 Å². The van der Waals surface area contributed by atoms with Crippen molar-refractivity contribution in [2.45, 2.75) is 18.9 Å². The molecule has 19 heavy (non-hydrogen) atoms. The lowest BCUT2D eigenvalue weighted by Gasteiger charge is -2.32. The van der Waals surface area contributed by atoms with E-state index in [1.165, 1.54) is 12.0 Å². The van der Waals surface area contributed by atoms with Crippen LogP contribution in [0.1, 0.15) is 24.5 Å². The number of nitrogens with one attached hydrogen (secondary N) is 1. The average molecular weight is 284 g/mol. The molecule has 4 heteroatoms. The third-order valence-corrected chi connectivity index (χ3v) is 3.75. The second kappa shape index (κ2) is 7.85. The van der Waals surface area contributed by atoms with Gasteiger partial charge in [-0.25, -0.2) is 0 Å². The van der Waals surface area contributed by atoms with Gasteiger partial charge in [-0.05, 0) is 30.5 Å². The first-order valence-electron chi connectivity index (χ1n) is 6.88. The van der Waals surface area contributed by atoms with Crippen LogP contribution < -0.4 is 5.32 Å². The molecule has 0 radical (unpaired) electrons. The normalized spacial score (nSPS) is 23.5. The van der Waals surface area contributed by atoms with Gasteiger partial charge < -0.3 is 14.8 Å². The van der Waals surface area contributed by atoms with E-state index in [2.05, 4.69) is 11.4 Å². The van der Waals surface area contributed by atoms with Crippen molar-refractivity contribution < 1.29 is 9.47 Å². The summed E-state index contributed by atoms with van der Waals surface area (Å²) in [6.45, 7) is 3.43. The van der Waals surface area contributed by atoms with Crippen molar-refractivity contribution in [3.63, 3.8) is 0 Å². The van der Waals surface area contributed by atoms with Gasteiger partial charge in [-0.3, -0.25) is 0 Å². The molecule has 1 aliphatic heterocycles. The van der Waals surface area contributed by atoms with Crippen molar-refractivity contribution in [3.8, 4) is 0 Å². The molecule has 0 aromatic heterocycles. The van der Waals surface area contributed by atoms with Crippen LogP contribution in [-0.4, -0.2) is 33.4 Å². The van der Waals surface area contributed by atoms with Crippen LogP contribution in [0.4, 0.5) is 0 Å². The van der Waals surface area contributed by atoms with Crippen molar-refractivity contribution in [2.75, 3.05) is 33.4 Å². The number of benzene rings is 1. The van der Waals surface area contributed by atoms with Gasteiger partial charge in [0.15, 0.2) is 0 Å². The highest BCUT2D eigenvalue weighted by atomic mass is 35.5. The fraction of sp³-hybridized carbons (Fsp3) is 0.600. The summed E-state index contributed by atoms with van der Waals surface area (Å²) in [6.07, 6.45) is 2.48. The van der Waals surface area contributed by atoms with Crippen molar-refractivity contribution in [1.29, 1.82) is 0 Å². The molecule has 1 N–H and O–H groups in total. The quantitative estimate of drug-likeness (QED) is 0.814. The van der Waals surface area contributed by atoms with Gasteiger partial charge in [0.1, 0.15) is 0 Å². The molecule has 0 bridgehead atoms. The summed E-state index contributed by atoms with van der Waals surface area (Å²) >= 11 is 6.07. The van der Waals surface area contributed by atoms with Crippen molar-refractivity contribution >= 4 is 11.6 Å². The van der Waals surface area contributed by atoms with Gasteiger partial charge in [-0.1, -0.05) is 23.7 Å². The fourth-order valence-electron chi connectivity index (χ4n) is 2.57. The number of hydrogen-bond donors (Lipinski definition) is 1. The molecule has 0 saturated carbocycles. The van der Waals surface area contributed by atoms with Crippen LogP contribution in [0.3, 0.4) is 0 Å². The summed E-state index contributed by atoms with van der Waals surface area (Å²) in [6, 6.07) is 8.01. The van der Waals surface area contributed by atoms with Gasteiger partial charge in [0, 0.05) is 37.7 Å². The summed E-state index contributed by atoms with van der Waals surface area (Å²) in [7, 11) is 1.72. The zero-order valence-electron chi connectivity index (χ0n) is 11.4. The molecule has 1 heterocycles. The molecule has 0 aliphatic carbocycles.